The highest BCUT2D eigenvalue weighted by Gasteiger charge is 2.18. The molecule has 4 aromatic rings. The molecule has 0 unspecified atom stereocenters. The smallest absolute Gasteiger partial charge is 0.266 e. The third kappa shape index (κ3) is 4.68. The van der Waals surface area contributed by atoms with Gasteiger partial charge < -0.3 is 5.32 Å². The number of hydrogen-bond donors (Lipinski definition) is 2. The van der Waals surface area contributed by atoms with Crippen LogP contribution in [0.25, 0.3) is 11.1 Å². The van der Waals surface area contributed by atoms with Gasteiger partial charge in [-0.2, -0.15) is 0 Å². The Morgan fingerprint density at radius 2 is 1.50 bits per heavy atom. The molecule has 0 spiro atoms. The Labute approximate surface area is 187 Å². The Hall–Kier alpha value is -3.56. The molecule has 1 heterocycles. The first kappa shape index (κ1) is 21.7. The Balaban J connectivity index is 1.47. The van der Waals surface area contributed by atoms with Crippen molar-refractivity contribution in [3.63, 3.8) is 0 Å². The molecule has 0 saturated carbocycles. The van der Waals surface area contributed by atoms with Crippen molar-refractivity contribution in [2.24, 2.45) is 0 Å². The molecule has 3 aromatic carbocycles. The predicted octanol–water partition coefficient (Wildman–Crippen LogP) is 5.75. The second kappa shape index (κ2) is 8.89. The monoisotopic (exact) mass is 470 g/mol. The molecule has 4 rings (SSSR count). The Morgan fingerprint density at radius 3 is 2.19 bits per heavy atom. The van der Waals surface area contributed by atoms with Crippen LogP contribution in [0.3, 0.4) is 0 Å². The van der Waals surface area contributed by atoms with Gasteiger partial charge >= 0.3 is 0 Å². The quantitative estimate of drug-likeness (QED) is 0.377. The molecule has 5 nitrogen and oxygen atoms in total. The molecule has 1 amide bonds. The minimum Gasteiger partial charge on any atom is -0.321 e. The summed E-state index contributed by atoms with van der Waals surface area (Å²) in [5, 5.41) is 4.63. The van der Waals surface area contributed by atoms with Crippen LogP contribution in [0.2, 0.25) is 0 Å². The van der Waals surface area contributed by atoms with E-state index in [2.05, 4.69) is 10.0 Å². The van der Waals surface area contributed by atoms with Crippen molar-refractivity contribution < 1.29 is 22.0 Å². The topological polar surface area (TPSA) is 75.3 Å². The maximum absolute atomic E-state index is 13.4. The summed E-state index contributed by atoms with van der Waals surface area (Å²) in [6.45, 7) is 0. The van der Waals surface area contributed by atoms with Gasteiger partial charge in [-0.1, -0.05) is 30.3 Å². The fourth-order valence-electron chi connectivity index (χ4n) is 3.00. The number of rotatable bonds is 6. The van der Waals surface area contributed by atoms with E-state index in [0.717, 1.165) is 23.3 Å². The molecule has 0 fully saturated rings. The highest BCUT2D eigenvalue weighted by atomic mass is 32.2. The van der Waals surface area contributed by atoms with Crippen molar-refractivity contribution in [3.8, 4) is 11.1 Å². The van der Waals surface area contributed by atoms with E-state index in [0.29, 0.717) is 16.6 Å². The minimum atomic E-state index is -4.10. The van der Waals surface area contributed by atoms with E-state index in [-0.39, 0.29) is 11.6 Å². The van der Waals surface area contributed by atoms with Crippen LogP contribution in [0.5, 0.6) is 0 Å². The second-order valence-corrected chi connectivity index (χ2v) is 9.34. The molecular formula is C23H16F2N2O3S2. The van der Waals surface area contributed by atoms with E-state index in [1.807, 2.05) is 41.8 Å². The van der Waals surface area contributed by atoms with Crippen molar-refractivity contribution in [1.29, 1.82) is 0 Å². The zero-order chi connectivity index (χ0) is 22.7. The van der Waals surface area contributed by atoms with E-state index in [1.54, 1.807) is 0 Å². The van der Waals surface area contributed by atoms with Crippen LogP contribution in [-0.4, -0.2) is 14.3 Å². The molecular weight excluding hydrogens is 454 g/mol. The number of sulfonamides is 1. The summed E-state index contributed by atoms with van der Waals surface area (Å²) in [6.07, 6.45) is 0. The zero-order valence-corrected chi connectivity index (χ0v) is 18.0. The van der Waals surface area contributed by atoms with Crippen molar-refractivity contribution in [3.05, 3.63) is 101 Å². The van der Waals surface area contributed by atoms with Crippen LogP contribution in [0.1, 0.15) is 9.67 Å². The van der Waals surface area contributed by atoms with Crippen molar-refractivity contribution in [2.45, 2.75) is 4.90 Å². The standard InChI is InChI=1S/C23H16F2N2O3S2/c24-20-11-10-18(14-21(20)25)32(29,30)27-17-8-6-16(7-9-17)26-23(28)22-19(12-13-31-22)15-4-2-1-3-5-15/h1-14,27H,(H,26,28). The highest BCUT2D eigenvalue weighted by molar-refractivity contribution is 7.92. The molecule has 0 atom stereocenters. The average Bonchev–Trinajstić information content (AvgIpc) is 3.27. The molecule has 0 aliphatic rings. The molecule has 0 radical (unpaired) electrons. The molecule has 0 aliphatic heterocycles. The summed E-state index contributed by atoms with van der Waals surface area (Å²) in [7, 11) is -4.10. The van der Waals surface area contributed by atoms with Gasteiger partial charge in [0.1, 0.15) is 0 Å². The fourth-order valence-corrected chi connectivity index (χ4v) is 4.88. The number of carbonyl (C=O) groups is 1. The molecule has 0 saturated heterocycles. The van der Waals surface area contributed by atoms with Gasteiger partial charge in [-0.3, -0.25) is 9.52 Å². The highest BCUT2D eigenvalue weighted by Crippen LogP contribution is 2.29. The predicted molar refractivity (Wildman–Crippen MR) is 121 cm³/mol. The van der Waals surface area contributed by atoms with Crippen LogP contribution < -0.4 is 10.0 Å². The first-order valence-corrected chi connectivity index (χ1v) is 11.7. The summed E-state index contributed by atoms with van der Waals surface area (Å²) < 4.78 is 53.5. The van der Waals surface area contributed by atoms with Crippen molar-refractivity contribution in [2.75, 3.05) is 10.0 Å². The number of hydrogen-bond acceptors (Lipinski definition) is 4. The summed E-state index contributed by atoms with van der Waals surface area (Å²) in [6, 6.07) is 19.7. The summed E-state index contributed by atoms with van der Waals surface area (Å²) >= 11 is 1.32. The van der Waals surface area contributed by atoms with Crippen LogP contribution in [0.15, 0.2) is 89.1 Å². The lowest BCUT2D eigenvalue weighted by atomic mass is 10.1. The minimum absolute atomic E-state index is 0.203. The maximum atomic E-state index is 13.4. The number of halogens is 2. The fraction of sp³-hybridized carbons (Fsp3) is 0. The number of amides is 1. The van der Waals surface area contributed by atoms with Crippen molar-refractivity contribution in [1.82, 2.24) is 0 Å². The normalized spacial score (nSPS) is 11.2. The zero-order valence-electron chi connectivity index (χ0n) is 16.4. The summed E-state index contributed by atoms with van der Waals surface area (Å²) in [4.78, 5) is 12.9. The molecule has 32 heavy (non-hydrogen) atoms. The summed E-state index contributed by atoms with van der Waals surface area (Å²) in [5.74, 6) is -2.67. The van der Waals surface area contributed by atoms with Gasteiger partial charge in [-0.15, -0.1) is 11.3 Å². The number of benzene rings is 3. The maximum Gasteiger partial charge on any atom is 0.266 e. The lowest BCUT2D eigenvalue weighted by Gasteiger charge is -2.10. The lowest BCUT2D eigenvalue weighted by Crippen LogP contribution is -2.14. The number of carbonyl (C=O) groups excluding carboxylic acids is 1. The van der Waals surface area contributed by atoms with Gasteiger partial charge in [-0.25, -0.2) is 17.2 Å². The third-order valence-electron chi connectivity index (χ3n) is 4.55. The molecule has 9 heteroatoms. The van der Waals surface area contributed by atoms with E-state index in [1.165, 1.54) is 35.6 Å². The van der Waals surface area contributed by atoms with Crippen LogP contribution >= 0.6 is 11.3 Å². The molecule has 2 N–H and O–H groups in total. The third-order valence-corrected chi connectivity index (χ3v) is 6.84. The van der Waals surface area contributed by atoms with Gasteiger partial charge in [-0.05, 0) is 59.5 Å². The van der Waals surface area contributed by atoms with E-state index in [9.17, 15) is 22.0 Å². The molecule has 162 valence electrons. The van der Waals surface area contributed by atoms with Gasteiger partial charge in [0.05, 0.1) is 9.77 Å². The Kier molecular flexibility index (Phi) is 6.02. The number of anilines is 2. The van der Waals surface area contributed by atoms with Gasteiger partial charge in [0.2, 0.25) is 0 Å². The van der Waals surface area contributed by atoms with Crippen LogP contribution in [-0.2, 0) is 10.0 Å². The van der Waals surface area contributed by atoms with E-state index < -0.39 is 26.6 Å². The van der Waals surface area contributed by atoms with Gasteiger partial charge in [0.25, 0.3) is 15.9 Å². The van der Waals surface area contributed by atoms with E-state index >= 15 is 0 Å². The largest absolute Gasteiger partial charge is 0.321 e. The number of thiophene rings is 1. The lowest BCUT2D eigenvalue weighted by molar-refractivity contribution is 0.103. The molecule has 0 aliphatic carbocycles. The summed E-state index contributed by atoms with van der Waals surface area (Å²) in [5.41, 5.74) is 2.43. The van der Waals surface area contributed by atoms with Gasteiger partial charge in [0, 0.05) is 16.9 Å². The molecule has 1 aromatic heterocycles. The first-order valence-electron chi connectivity index (χ1n) is 9.36. The second-order valence-electron chi connectivity index (χ2n) is 6.74. The Bertz CT molecular complexity index is 1370. The number of nitrogens with one attached hydrogen (secondary N) is 2. The Morgan fingerprint density at radius 1 is 0.812 bits per heavy atom. The average molecular weight is 471 g/mol. The molecule has 0 bridgehead atoms. The van der Waals surface area contributed by atoms with E-state index in [4.69, 9.17) is 0 Å². The first-order chi connectivity index (χ1) is 15.3. The van der Waals surface area contributed by atoms with Crippen molar-refractivity contribution >= 4 is 38.6 Å². The van der Waals surface area contributed by atoms with Gasteiger partial charge in [0.15, 0.2) is 11.6 Å². The van der Waals surface area contributed by atoms with Crippen LogP contribution in [0.4, 0.5) is 20.2 Å². The SMILES string of the molecule is O=C(Nc1ccc(NS(=O)(=O)c2ccc(F)c(F)c2)cc1)c1sccc1-c1ccccc1. The van der Waals surface area contributed by atoms with Crippen LogP contribution in [0, 0.1) is 11.6 Å².